The molecule has 0 aliphatic carbocycles. The first kappa shape index (κ1) is 30.6. The number of hydrogen-bond donors (Lipinski definition) is 1. The van der Waals surface area contributed by atoms with E-state index in [0.717, 1.165) is 43.9 Å². The van der Waals surface area contributed by atoms with Crippen molar-refractivity contribution in [3.05, 3.63) is 58.4 Å². The number of hydrogen-bond acceptors (Lipinski definition) is 6. The zero-order chi connectivity index (χ0) is 30.4. The van der Waals surface area contributed by atoms with E-state index in [2.05, 4.69) is 16.5 Å². The van der Waals surface area contributed by atoms with E-state index in [-0.39, 0.29) is 18.1 Å². The number of allylic oxidation sites excluding steroid dienone is 1. The molecule has 9 nitrogen and oxygen atoms in total. The molecule has 0 radical (unpaired) electrons. The maximum Gasteiger partial charge on any atom is 0.416 e. The van der Waals surface area contributed by atoms with Gasteiger partial charge < -0.3 is 15.5 Å². The van der Waals surface area contributed by atoms with Crippen LogP contribution < -0.4 is 5.73 Å². The number of aliphatic imine (C=N–C) groups is 1. The summed E-state index contributed by atoms with van der Waals surface area (Å²) < 4.78 is 65.3. The van der Waals surface area contributed by atoms with Gasteiger partial charge in [-0.25, -0.2) is 17.7 Å². The molecule has 1 aromatic carbocycles. The average Bonchev–Trinajstić information content (AvgIpc) is 3.54. The highest BCUT2D eigenvalue weighted by atomic mass is 32.2. The predicted octanol–water partition coefficient (Wildman–Crippen LogP) is 2.65. The molecule has 0 aromatic heterocycles. The minimum absolute atomic E-state index is 0.187. The Hall–Kier alpha value is -2.90. The summed E-state index contributed by atoms with van der Waals surface area (Å²) in [6, 6.07) is 4.18. The van der Waals surface area contributed by atoms with Gasteiger partial charge >= 0.3 is 6.18 Å². The summed E-state index contributed by atoms with van der Waals surface area (Å²) in [4.78, 5) is 24.0. The highest BCUT2D eigenvalue weighted by Crippen LogP contribution is 2.36. The van der Waals surface area contributed by atoms with Crippen molar-refractivity contribution >= 4 is 22.3 Å². The molecule has 2 unspecified atom stereocenters. The third kappa shape index (κ3) is 6.23. The van der Waals surface area contributed by atoms with E-state index in [4.69, 9.17) is 5.73 Å². The quantitative estimate of drug-likeness (QED) is 0.231. The summed E-state index contributed by atoms with van der Waals surface area (Å²) in [7, 11) is -3.16. The number of nitrogens with zero attached hydrogens (tertiary/aromatic N) is 5. The van der Waals surface area contributed by atoms with Gasteiger partial charge in [0.05, 0.1) is 18.2 Å². The van der Waals surface area contributed by atoms with E-state index >= 15 is 0 Å². The third-order valence-electron chi connectivity index (χ3n) is 9.34. The van der Waals surface area contributed by atoms with Crippen LogP contribution in [0.5, 0.6) is 0 Å². The number of nitrogens with two attached hydrogens (primary N) is 1. The van der Waals surface area contributed by atoms with Crippen LogP contribution >= 0.6 is 0 Å². The molecule has 4 aliphatic rings. The Morgan fingerprint density at radius 2 is 1.69 bits per heavy atom. The van der Waals surface area contributed by atoms with E-state index in [1.54, 1.807) is 16.1 Å². The van der Waals surface area contributed by atoms with Crippen molar-refractivity contribution < 1.29 is 26.4 Å². The summed E-state index contributed by atoms with van der Waals surface area (Å²) in [6.45, 7) is 10.8. The molecule has 5 rings (SSSR count). The number of fused-ring (bicyclic) bond motifs is 2. The molecular weight excluding hydrogens is 569 g/mol. The number of sulfonamides is 1. The van der Waals surface area contributed by atoms with Gasteiger partial charge in [-0.3, -0.25) is 9.69 Å². The van der Waals surface area contributed by atoms with Crippen molar-refractivity contribution in [2.24, 2.45) is 22.6 Å². The van der Waals surface area contributed by atoms with Crippen LogP contribution in [-0.2, 0) is 34.0 Å². The smallest absolute Gasteiger partial charge is 0.390 e. The Kier molecular flexibility index (Phi) is 8.47. The first-order chi connectivity index (χ1) is 19.8. The van der Waals surface area contributed by atoms with E-state index in [0.29, 0.717) is 73.9 Å². The number of halogens is 3. The molecule has 3 fully saturated rings. The number of piperidine rings is 1. The highest BCUT2D eigenvalue weighted by Gasteiger charge is 2.45. The van der Waals surface area contributed by atoms with Gasteiger partial charge in [0.1, 0.15) is 5.70 Å². The Morgan fingerprint density at radius 3 is 2.26 bits per heavy atom. The Morgan fingerprint density at radius 1 is 1.05 bits per heavy atom. The van der Waals surface area contributed by atoms with Crippen molar-refractivity contribution in [2.75, 3.05) is 52.1 Å². The Bertz CT molecular complexity index is 1390. The molecule has 2 N–H and O–H groups in total. The van der Waals surface area contributed by atoms with E-state index < -0.39 is 21.8 Å². The van der Waals surface area contributed by atoms with E-state index in [1.807, 2.05) is 4.90 Å². The lowest BCUT2D eigenvalue weighted by molar-refractivity contribution is -0.137. The lowest BCUT2D eigenvalue weighted by Gasteiger charge is -2.38. The van der Waals surface area contributed by atoms with Crippen molar-refractivity contribution in [1.82, 2.24) is 19.0 Å². The fraction of sp³-hybridized carbons (Fsp3) is 0.586. The number of carbonyl (C=O) groups excluding carboxylic acids is 1. The Labute approximate surface area is 245 Å². The second-order valence-electron chi connectivity index (χ2n) is 11.9. The lowest BCUT2D eigenvalue weighted by atomic mass is 9.96. The summed E-state index contributed by atoms with van der Waals surface area (Å²) in [5.41, 5.74) is 7.68. The SMILES string of the molecule is C=C(/C(C)=C(\N=C/N)C(=O)N1CCC(N2CC3CN(S(C)(=O)=O)CC3C2)CC1)N1CCc2ccc(C(F)(F)F)cc2C1. The molecule has 42 heavy (non-hydrogen) atoms. The van der Waals surface area contributed by atoms with Crippen LogP contribution in [0, 0.1) is 11.8 Å². The zero-order valence-electron chi connectivity index (χ0n) is 24.1. The topological polar surface area (TPSA) is 103 Å². The van der Waals surface area contributed by atoms with Crippen molar-refractivity contribution in [2.45, 2.75) is 44.9 Å². The second kappa shape index (κ2) is 11.6. The van der Waals surface area contributed by atoms with Crippen LogP contribution in [0.15, 0.2) is 46.7 Å². The summed E-state index contributed by atoms with van der Waals surface area (Å²) >= 11 is 0. The Balaban J connectivity index is 1.21. The van der Waals surface area contributed by atoms with Crippen molar-refractivity contribution in [1.29, 1.82) is 0 Å². The van der Waals surface area contributed by atoms with Crippen molar-refractivity contribution in [3.8, 4) is 0 Å². The highest BCUT2D eigenvalue weighted by molar-refractivity contribution is 7.88. The summed E-state index contributed by atoms with van der Waals surface area (Å²) in [5, 5.41) is 0. The monoisotopic (exact) mass is 608 g/mol. The molecule has 13 heteroatoms. The molecule has 0 bridgehead atoms. The van der Waals surface area contributed by atoms with Gasteiger partial charge in [-0.05, 0) is 61.3 Å². The molecule has 0 saturated carbocycles. The number of rotatable bonds is 6. The largest absolute Gasteiger partial charge is 0.416 e. The second-order valence-corrected chi connectivity index (χ2v) is 13.9. The van der Waals surface area contributed by atoms with Crippen LogP contribution in [0.3, 0.4) is 0 Å². The van der Waals surface area contributed by atoms with Gasteiger partial charge in [0.15, 0.2) is 0 Å². The first-order valence-electron chi connectivity index (χ1n) is 14.3. The predicted molar refractivity (Wildman–Crippen MR) is 155 cm³/mol. The minimum atomic E-state index is -4.42. The van der Waals surface area contributed by atoms with Gasteiger partial charge in [0, 0.05) is 69.7 Å². The van der Waals surface area contributed by atoms with Crippen LogP contribution in [0.1, 0.15) is 36.5 Å². The van der Waals surface area contributed by atoms with Gasteiger partial charge in [-0.1, -0.05) is 12.6 Å². The van der Waals surface area contributed by atoms with Crippen LogP contribution in [0.4, 0.5) is 13.2 Å². The minimum Gasteiger partial charge on any atom is -0.390 e. The van der Waals surface area contributed by atoms with Crippen LogP contribution in [0.2, 0.25) is 0 Å². The molecule has 230 valence electrons. The number of amides is 1. The molecule has 3 saturated heterocycles. The molecule has 0 spiro atoms. The number of alkyl halides is 3. The normalized spacial score (nSPS) is 25.1. The number of benzene rings is 1. The third-order valence-corrected chi connectivity index (χ3v) is 10.6. The van der Waals surface area contributed by atoms with E-state index in [1.165, 1.54) is 18.4 Å². The van der Waals surface area contributed by atoms with Crippen LogP contribution in [-0.4, -0.2) is 97.8 Å². The van der Waals surface area contributed by atoms with Crippen molar-refractivity contribution in [3.63, 3.8) is 0 Å². The fourth-order valence-electron chi connectivity index (χ4n) is 6.86. The maximum absolute atomic E-state index is 13.6. The maximum atomic E-state index is 13.6. The molecular formula is C29H39F3N6O3S. The zero-order valence-corrected chi connectivity index (χ0v) is 24.9. The fourth-order valence-corrected chi connectivity index (χ4v) is 7.79. The van der Waals surface area contributed by atoms with Gasteiger partial charge in [0.25, 0.3) is 5.91 Å². The lowest BCUT2D eigenvalue weighted by Crippen LogP contribution is -2.47. The van der Waals surface area contributed by atoms with Gasteiger partial charge in [0.2, 0.25) is 10.0 Å². The number of likely N-dealkylation sites (tertiary alicyclic amines) is 2. The summed E-state index contributed by atoms with van der Waals surface area (Å²) in [5.74, 6) is 0.458. The standard InChI is InChI=1S/C29H39F3N6O3S/c1-19(20(2)36-9-6-21-4-5-25(29(30,31)32)12-22(21)13-36)27(34-18-33)28(39)35-10-7-26(8-11-35)37-14-23-16-38(42(3,40)41)17-24(23)15-37/h4-5,12,18,23-24,26H,2,6-11,13-17H2,1,3H3,(H2,33,34)/b27-19-. The molecule has 1 amide bonds. The van der Waals surface area contributed by atoms with Gasteiger partial charge in [-0.15, -0.1) is 0 Å². The number of carbonyl (C=O) groups is 1. The molecule has 4 aliphatic heterocycles. The molecule has 2 atom stereocenters. The van der Waals surface area contributed by atoms with Crippen LogP contribution in [0.25, 0.3) is 0 Å². The van der Waals surface area contributed by atoms with E-state index in [9.17, 15) is 26.4 Å². The van der Waals surface area contributed by atoms with Gasteiger partial charge in [-0.2, -0.15) is 13.2 Å². The summed E-state index contributed by atoms with van der Waals surface area (Å²) in [6.07, 6.45) is 0.129. The molecule has 1 aromatic rings. The first-order valence-corrected chi connectivity index (χ1v) is 16.2. The molecule has 4 heterocycles. The average molecular weight is 609 g/mol.